The van der Waals surface area contributed by atoms with Crippen LogP contribution in [0.5, 0.6) is 0 Å². The first-order valence-electron chi connectivity index (χ1n) is 9.37. The van der Waals surface area contributed by atoms with Gasteiger partial charge in [0.15, 0.2) is 10.7 Å². The van der Waals surface area contributed by atoms with E-state index in [4.69, 9.17) is 48.5 Å². The molecule has 4 aliphatic carbocycles. The zero-order chi connectivity index (χ0) is 21.9. The number of allylic oxidation sites excluding steroid dienone is 1. The minimum absolute atomic E-state index is 0.00523. The van der Waals surface area contributed by atoms with Gasteiger partial charge in [-0.25, -0.2) is 0 Å². The quantitative estimate of drug-likeness (QED) is 0.272. The van der Waals surface area contributed by atoms with Crippen molar-refractivity contribution in [3.05, 3.63) is 42.0 Å². The maximum Gasteiger partial charge on any atom is 0.297 e. The Bertz CT molecular complexity index is 1080. The third kappa shape index (κ3) is 1.88. The second kappa shape index (κ2) is 6.01. The molecule has 6 nitrogen and oxygen atoms in total. The third-order valence-electron chi connectivity index (χ3n) is 7.27. The molecule has 1 aromatic carbocycles. The first kappa shape index (κ1) is 21.2. The number of Topliss-reactive ketones (excluding diaryl/α,β-unsaturated/α-hetero) is 1. The van der Waals surface area contributed by atoms with Crippen molar-refractivity contribution in [2.24, 2.45) is 17.8 Å². The highest BCUT2D eigenvalue weighted by molar-refractivity contribution is 7.86. The van der Waals surface area contributed by atoms with Crippen LogP contribution in [0.2, 0.25) is 0 Å². The van der Waals surface area contributed by atoms with Crippen molar-refractivity contribution in [2.45, 2.75) is 38.3 Å². The molecule has 3 fully saturated rings. The summed E-state index contributed by atoms with van der Waals surface area (Å²) < 4.78 is 43.1. The summed E-state index contributed by atoms with van der Waals surface area (Å²) in [5, 5.41) is 0. The summed E-state index contributed by atoms with van der Waals surface area (Å²) in [6.45, 7) is 1.85. The van der Waals surface area contributed by atoms with Crippen LogP contribution < -0.4 is 0 Å². The lowest BCUT2D eigenvalue weighted by atomic mass is 9.78. The Morgan fingerprint density at radius 2 is 1.50 bits per heavy atom. The number of fused-ring (bicyclic) bond motifs is 4. The summed E-state index contributed by atoms with van der Waals surface area (Å²) in [5.74, 6) is -4.49. The van der Waals surface area contributed by atoms with Gasteiger partial charge >= 0.3 is 0 Å². The summed E-state index contributed by atoms with van der Waals surface area (Å²) >= 11 is 21.0. The largest absolute Gasteiger partial charge is 0.350 e. The third-order valence-corrected chi connectivity index (χ3v) is 10.9. The van der Waals surface area contributed by atoms with Crippen molar-refractivity contribution < 1.29 is 26.9 Å². The molecule has 0 spiro atoms. The van der Waals surface area contributed by atoms with Gasteiger partial charge in [0, 0.05) is 32.0 Å². The molecule has 0 aliphatic heterocycles. The molecular formula is C20H19Cl3O6S. The zero-order valence-electron chi connectivity index (χ0n) is 16.3. The van der Waals surface area contributed by atoms with E-state index in [9.17, 15) is 13.2 Å². The number of halogens is 3. The number of hydrogen-bond acceptors (Lipinski definition) is 6. The van der Waals surface area contributed by atoms with Crippen LogP contribution in [0.4, 0.5) is 0 Å². The number of carbonyl (C=O) groups is 1. The monoisotopic (exact) mass is 492 g/mol. The van der Waals surface area contributed by atoms with Gasteiger partial charge in [0.25, 0.3) is 10.1 Å². The Morgan fingerprint density at radius 1 is 0.933 bits per heavy atom. The van der Waals surface area contributed by atoms with Gasteiger partial charge in [0.2, 0.25) is 5.79 Å². The summed E-state index contributed by atoms with van der Waals surface area (Å²) in [6.07, 6.45) is 2.44. The number of benzene rings is 1. The van der Waals surface area contributed by atoms with Crippen molar-refractivity contribution in [3.8, 4) is 0 Å². The Kier molecular flexibility index (Phi) is 4.25. The van der Waals surface area contributed by atoms with Crippen molar-refractivity contribution in [1.29, 1.82) is 0 Å². The Balaban J connectivity index is 1.66. The number of rotatable bonds is 5. The molecule has 4 bridgehead atoms. The van der Waals surface area contributed by atoms with Gasteiger partial charge in [-0.05, 0) is 19.1 Å². The second-order valence-electron chi connectivity index (χ2n) is 8.28. The minimum Gasteiger partial charge on any atom is -0.350 e. The summed E-state index contributed by atoms with van der Waals surface area (Å²) in [4.78, 5) is 8.46. The number of methoxy groups -OCH3 is 2. The molecule has 1 aromatic rings. The number of ether oxygens (including phenoxy) is 2. The van der Waals surface area contributed by atoms with Crippen LogP contribution in [-0.2, 0) is 28.6 Å². The molecule has 0 N–H and O–H groups in total. The van der Waals surface area contributed by atoms with Gasteiger partial charge in [0.1, 0.15) is 9.75 Å². The molecule has 0 aromatic heterocycles. The van der Waals surface area contributed by atoms with Crippen molar-refractivity contribution in [2.75, 3.05) is 14.2 Å². The number of hydrogen-bond donors (Lipinski definition) is 0. The van der Waals surface area contributed by atoms with Crippen LogP contribution in [0.3, 0.4) is 0 Å². The van der Waals surface area contributed by atoms with Crippen molar-refractivity contribution in [3.63, 3.8) is 0 Å². The highest BCUT2D eigenvalue weighted by Gasteiger charge is 2.99. The standard InChI is InChI=1S/C20H19Cl3O6S/c1-10-4-6-11(7-5-10)30(25,26)29-15-13-9-8-12-14(15)19(23)17(13,21)16(24)18(12,22)20(19,27-2)28-3/h4-9,12-15H,1-3H3/t12?,13?,14?,15-,17+,18+,19-/m1/s1. The van der Waals surface area contributed by atoms with E-state index in [2.05, 4.69) is 0 Å². The fourth-order valence-electron chi connectivity index (χ4n) is 6.12. The lowest BCUT2D eigenvalue weighted by Crippen LogP contribution is -2.59. The average molecular weight is 494 g/mol. The van der Waals surface area contributed by atoms with Crippen LogP contribution in [0.1, 0.15) is 5.56 Å². The summed E-state index contributed by atoms with van der Waals surface area (Å²) in [7, 11) is -1.47. The van der Waals surface area contributed by atoms with Gasteiger partial charge in [-0.1, -0.05) is 29.8 Å². The predicted octanol–water partition coefficient (Wildman–Crippen LogP) is 3.02. The number of ketones is 1. The molecule has 10 heteroatoms. The molecule has 0 amide bonds. The minimum atomic E-state index is -4.16. The van der Waals surface area contributed by atoms with Gasteiger partial charge in [-0.3, -0.25) is 8.98 Å². The van der Waals surface area contributed by atoms with E-state index in [-0.39, 0.29) is 4.90 Å². The molecule has 30 heavy (non-hydrogen) atoms. The fourth-order valence-corrected chi connectivity index (χ4v) is 9.36. The maximum absolute atomic E-state index is 13.5. The van der Waals surface area contributed by atoms with E-state index >= 15 is 0 Å². The summed E-state index contributed by atoms with van der Waals surface area (Å²) in [5.41, 5.74) is 0.910. The smallest absolute Gasteiger partial charge is 0.297 e. The number of carbonyl (C=O) groups excluding carboxylic acids is 1. The highest BCUT2D eigenvalue weighted by Crippen LogP contribution is 2.81. The molecule has 7 atom stereocenters. The van der Waals surface area contributed by atoms with Crippen LogP contribution in [0.25, 0.3) is 0 Å². The topological polar surface area (TPSA) is 78.9 Å². The van der Waals surface area contributed by atoms with E-state index in [1.54, 1.807) is 24.3 Å². The van der Waals surface area contributed by atoms with Gasteiger partial charge < -0.3 is 9.47 Å². The molecule has 0 saturated heterocycles. The molecule has 162 valence electrons. The predicted molar refractivity (Wildman–Crippen MR) is 110 cm³/mol. The molecule has 0 heterocycles. The van der Waals surface area contributed by atoms with E-state index in [1.165, 1.54) is 26.4 Å². The van der Waals surface area contributed by atoms with Crippen molar-refractivity contribution >= 4 is 50.7 Å². The lowest BCUT2D eigenvalue weighted by Gasteiger charge is -2.41. The first-order chi connectivity index (χ1) is 14.0. The number of aryl methyl sites for hydroxylation is 1. The Labute approximate surface area is 189 Å². The van der Waals surface area contributed by atoms with Gasteiger partial charge in [-0.15, -0.1) is 34.8 Å². The molecule has 0 radical (unpaired) electrons. The zero-order valence-corrected chi connectivity index (χ0v) is 19.3. The van der Waals surface area contributed by atoms with Crippen LogP contribution in [-0.4, -0.2) is 54.9 Å². The van der Waals surface area contributed by atoms with Crippen molar-refractivity contribution in [1.82, 2.24) is 0 Å². The Hall–Kier alpha value is -0.670. The van der Waals surface area contributed by atoms with Crippen LogP contribution >= 0.6 is 34.8 Å². The molecular weight excluding hydrogens is 475 g/mol. The fraction of sp³-hybridized carbons (Fsp3) is 0.550. The van der Waals surface area contributed by atoms with Gasteiger partial charge in [0.05, 0.1) is 11.0 Å². The van der Waals surface area contributed by atoms with E-state index < -0.39 is 60.2 Å². The summed E-state index contributed by atoms with van der Waals surface area (Å²) in [6, 6.07) is 6.29. The first-order valence-corrected chi connectivity index (χ1v) is 11.9. The average Bonchev–Trinajstić information content (AvgIpc) is 2.94. The molecule has 3 unspecified atom stereocenters. The van der Waals surface area contributed by atoms with E-state index in [0.717, 1.165) is 5.56 Å². The van der Waals surface area contributed by atoms with Crippen LogP contribution in [0, 0.1) is 24.7 Å². The molecule has 4 aliphatic rings. The second-order valence-corrected chi connectivity index (χ2v) is 11.6. The molecule has 5 rings (SSSR count). The normalized spacial score (nSPS) is 44.9. The number of alkyl halides is 3. The highest BCUT2D eigenvalue weighted by atomic mass is 35.5. The SMILES string of the molecule is COC1(OC)[C@@]2(Cl)C(=O)[C@@]3(Cl)C4C=CC2C([C@@H]4OS(=O)(=O)c2ccc(C)cc2)[C@]13Cl. The maximum atomic E-state index is 13.5. The lowest BCUT2D eigenvalue weighted by molar-refractivity contribution is -0.223. The van der Waals surface area contributed by atoms with E-state index in [0.29, 0.717) is 0 Å². The van der Waals surface area contributed by atoms with E-state index in [1.807, 2.05) is 6.92 Å². The molecule has 3 saturated carbocycles. The Morgan fingerprint density at radius 3 is 2.07 bits per heavy atom. The van der Waals surface area contributed by atoms with Gasteiger partial charge in [-0.2, -0.15) is 8.42 Å². The van der Waals surface area contributed by atoms with Crippen LogP contribution in [0.15, 0.2) is 41.3 Å².